The van der Waals surface area contributed by atoms with Crippen LogP contribution in [0.1, 0.15) is 31.2 Å². The molecule has 0 radical (unpaired) electrons. The van der Waals surface area contributed by atoms with Gasteiger partial charge >= 0.3 is 0 Å². The average Bonchev–Trinajstić information content (AvgIpc) is 2.71. The molecule has 2 N–H and O–H groups in total. The number of aliphatic imine (C=N–C) groups is 1. The summed E-state index contributed by atoms with van der Waals surface area (Å²) in [4.78, 5) is 6.79. The standard InChI is InChI=1S/C21H31FN4O.HI/c1-23-21(24-11-6-17-9-14-27-15-10-17)25-20-7-12-26(13-8-20)16-18-2-4-19(22)5-3-18;/h2-5,9,20H,6-8,10-16H2,1H3,(H2,23,24,25);1H. The summed E-state index contributed by atoms with van der Waals surface area (Å²) in [6, 6.07) is 7.27. The maximum atomic E-state index is 13.0. The first kappa shape index (κ1) is 23.1. The molecule has 1 fully saturated rings. The van der Waals surface area contributed by atoms with E-state index in [0.717, 1.165) is 71.0 Å². The Morgan fingerprint density at radius 2 is 2.00 bits per heavy atom. The second-order valence-electron chi connectivity index (χ2n) is 7.26. The van der Waals surface area contributed by atoms with Crippen molar-refractivity contribution in [3.63, 3.8) is 0 Å². The molecule has 1 saturated heterocycles. The van der Waals surface area contributed by atoms with Crippen LogP contribution in [0.25, 0.3) is 0 Å². The summed E-state index contributed by atoms with van der Waals surface area (Å²) in [7, 11) is 1.83. The van der Waals surface area contributed by atoms with E-state index in [1.165, 1.54) is 23.3 Å². The van der Waals surface area contributed by atoms with Gasteiger partial charge in [-0.1, -0.05) is 23.8 Å². The highest BCUT2D eigenvalue weighted by Crippen LogP contribution is 2.14. The SMILES string of the molecule is CN=C(NCCC1=CCOCC1)NC1CCN(Cc2ccc(F)cc2)CC1.I. The number of rotatable bonds is 6. The van der Waals surface area contributed by atoms with Crippen LogP contribution in [0.4, 0.5) is 4.39 Å². The molecule has 0 saturated carbocycles. The van der Waals surface area contributed by atoms with Gasteiger partial charge in [0.15, 0.2) is 5.96 Å². The minimum Gasteiger partial charge on any atom is -0.377 e. The fourth-order valence-corrected chi connectivity index (χ4v) is 3.61. The summed E-state index contributed by atoms with van der Waals surface area (Å²) in [5, 5.41) is 6.98. The molecule has 156 valence electrons. The molecular formula is C21H32FIN4O. The monoisotopic (exact) mass is 502 g/mol. The molecule has 3 rings (SSSR count). The predicted molar refractivity (Wildman–Crippen MR) is 123 cm³/mol. The summed E-state index contributed by atoms with van der Waals surface area (Å²) in [6.45, 7) is 5.46. The zero-order valence-corrected chi connectivity index (χ0v) is 19.0. The molecule has 7 heteroatoms. The van der Waals surface area contributed by atoms with E-state index < -0.39 is 0 Å². The third kappa shape index (κ3) is 7.67. The van der Waals surface area contributed by atoms with E-state index in [4.69, 9.17) is 4.74 Å². The Morgan fingerprint density at radius 1 is 1.25 bits per heavy atom. The maximum Gasteiger partial charge on any atom is 0.191 e. The zero-order valence-electron chi connectivity index (χ0n) is 16.6. The number of hydrogen-bond donors (Lipinski definition) is 2. The smallest absolute Gasteiger partial charge is 0.191 e. The third-order valence-corrected chi connectivity index (χ3v) is 5.27. The molecule has 1 aromatic carbocycles. The largest absolute Gasteiger partial charge is 0.377 e. The van der Waals surface area contributed by atoms with Crippen LogP contribution < -0.4 is 10.6 Å². The van der Waals surface area contributed by atoms with Crippen LogP contribution in [-0.4, -0.2) is 56.8 Å². The maximum absolute atomic E-state index is 13.0. The highest BCUT2D eigenvalue weighted by Gasteiger charge is 2.20. The lowest BCUT2D eigenvalue weighted by molar-refractivity contribution is 0.153. The zero-order chi connectivity index (χ0) is 18.9. The molecule has 0 aliphatic carbocycles. The van der Waals surface area contributed by atoms with Crippen LogP contribution in [0, 0.1) is 5.82 Å². The number of halogens is 2. The fraction of sp³-hybridized carbons (Fsp3) is 0.571. The molecule has 0 aromatic heterocycles. The van der Waals surface area contributed by atoms with Crippen molar-refractivity contribution in [2.45, 2.75) is 38.3 Å². The van der Waals surface area contributed by atoms with Crippen molar-refractivity contribution in [3.8, 4) is 0 Å². The highest BCUT2D eigenvalue weighted by atomic mass is 127. The number of benzene rings is 1. The molecule has 0 atom stereocenters. The third-order valence-electron chi connectivity index (χ3n) is 5.27. The van der Waals surface area contributed by atoms with E-state index in [1.807, 2.05) is 19.2 Å². The Hall–Kier alpha value is -1.19. The van der Waals surface area contributed by atoms with Crippen molar-refractivity contribution < 1.29 is 9.13 Å². The van der Waals surface area contributed by atoms with Crippen molar-refractivity contribution >= 4 is 29.9 Å². The van der Waals surface area contributed by atoms with E-state index in [0.29, 0.717) is 6.04 Å². The van der Waals surface area contributed by atoms with Crippen LogP contribution in [0.15, 0.2) is 40.9 Å². The van der Waals surface area contributed by atoms with Gasteiger partial charge in [-0.15, -0.1) is 24.0 Å². The number of ether oxygens (including phenoxy) is 1. The lowest BCUT2D eigenvalue weighted by Crippen LogP contribution is -2.48. The van der Waals surface area contributed by atoms with Crippen LogP contribution in [0.5, 0.6) is 0 Å². The number of piperidine rings is 1. The highest BCUT2D eigenvalue weighted by molar-refractivity contribution is 14.0. The van der Waals surface area contributed by atoms with Crippen LogP contribution in [0.2, 0.25) is 0 Å². The minimum absolute atomic E-state index is 0. The van der Waals surface area contributed by atoms with Crippen molar-refractivity contribution in [2.24, 2.45) is 4.99 Å². The lowest BCUT2D eigenvalue weighted by atomic mass is 10.0. The Morgan fingerprint density at radius 3 is 2.64 bits per heavy atom. The second kappa shape index (κ2) is 12.4. The summed E-state index contributed by atoms with van der Waals surface area (Å²) in [5.74, 6) is 0.716. The van der Waals surface area contributed by atoms with Gasteiger partial charge in [-0.2, -0.15) is 0 Å². The molecule has 0 amide bonds. The number of hydrogen-bond acceptors (Lipinski definition) is 3. The van der Waals surface area contributed by atoms with Gasteiger partial charge in [0.2, 0.25) is 0 Å². The molecule has 0 spiro atoms. The summed E-state index contributed by atoms with van der Waals surface area (Å²) >= 11 is 0. The number of likely N-dealkylation sites (tertiary alicyclic amines) is 1. The summed E-state index contributed by atoms with van der Waals surface area (Å²) in [6.07, 6.45) is 6.45. The predicted octanol–water partition coefficient (Wildman–Crippen LogP) is 3.31. The molecule has 2 aliphatic heterocycles. The fourth-order valence-electron chi connectivity index (χ4n) is 3.61. The van der Waals surface area contributed by atoms with Crippen molar-refractivity contribution in [1.82, 2.24) is 15.5 Å². The number of nitrogens with zero attached hydrogens (tertiary/aromatic N) is 2. The molecule has 1 aromatic rings. The van der Waals surface area contributed by atoms with Gasteiger partial charge in [-0.05, 0) is 43.4 Å². The van der Waals surface area contributed by atoms with Gasteiger partial charge < -0.3 is 15.4 Å². The van der Waals surface area contributed by atoms with Gasteiger partial charge in [0.1, 0.15) is 5.82 Å². The lowest BCUT2D eigenvalue weighted by Gasteiger charge is -2.33. The van der Waals surface area contributed by atoms with E-state index in [9.17, 15) is 4.39 Å². The van der Waals surface area contributed by atoms with Gasteiger partial charge in [0, 0.05) is 39.3 Å². The van der Waals surface area contributed by atoms with Crippen molar-refractivity contribution in [3.05, 3.63) is 47.3 Å². The minimum atomic E-state index is -0.173. The molecule has 0 bridgehead atoms. The quantitative estimate of drug-likeness (QED) is 0.271. The van der Waals surface area contributed by atoms with Crippen molar-refractivity contribution in [1.29, 1.82) is 0 Å². The molecular weight excluding hydrogens is 470 g/mol. The Bertz CT molecular complexity index is 642. The molecule has 5 nitrogen and oxygen atoms in total. The Labute approximate surface area is 184 Å². The van der Waals surface area contributed by atoms with Crippen molar-refractivity contribution in [2.75, 3.05) is 39.9 Å². The van der Waals surface area contributed by atoms with Crippen LogP contribution in [0.3, 0.4) is 0 Å². The van der Waals surface area contributed by atoms with Gasteiger partial charge in [0.05, 0.1) is 13.2 Å². The molecule has 2 heterocycles. The van der Waals surface area contributed by atoms with E-state index >= 15 is 0 Å². The Kier molecular flexibility index (Phi) is 10.2. The first-order valence-electron chi connectivity index (χ1n) is 9.92. The summed E-state index contributed by atoms with van der Waals surface area (Å²) in [5.41, 5.74) is 2.64. The van der Waals surface area contributed by atoms with Gasteiger partial charge in [-0.25, -0.2) is 4.39 Å². The van der Waals surface area contributed by atoms with E-state index in [1.54, 1.807) is 0 Å². The van der Waals surface area contributed by atoms with E-state index in [-0.39, 0.29) is 29.8 Å². The second-order valence-corrected chi connectivity index (χ2v) is 7.26. The van der Waals surface area contributed by atoms with Gasteiger partial charge in [0.25, 0.3) is 0 Å². The molecule has 28 heavy (non-hydrogen) atoms. The number of nitrogens with one attached hydrogen (secondary N) is 2. The van der Waals surface area contributed by atoms with Crippen LogP contribution in [-0.2, 0) is 11.3 Å². The molecule has 2 aliphatic rings. The molecule has 0 unspecified atom stereocenters. The topological polar surface area (TPSA) is 48.9 Å². The normalized spacial score (nSPS) is 18.9. The number of guanidine groups is 1. The first-order chi connectivity index (χ1) is 13.2. The Balaban J connectivity index is 0.00000280. The van der Waals surface area contributed by atoms with Gasteiger partial charge in [-0.3, -0.25) is 9.89 Å². The average molecular weight is 502 g/mol. The van der Waals surface area contributed by atoms with E-state index in [2.05, 4.69) is 26.6 Å². The summed E-state index contributed by atoms with van der Waals surface area (Å²) < 4.78 is 18.4. The van der Waals surface area contributed by atoms with Crippen LogP contribution >= 0.6 is 24.0 Å². The first-order valence-corrected chi connectivity index (χ1v) is 9.92.